The quantitative estimate of drug-likeness (QED) is 0.365. The number of carbonyl (C=O) groups excluding carboxylic acids is 2. The number of carbonyl (C=O) groups is 2. The summed E-state index contributed by atoms with van der Waals surface area (Å²) in [6.45, 7) is 8.57. The van der Waals surface area contributed by atoms with Crippen molar-refractivity contribution in [1.29, 1.82) is 0 Å². The molecule has 0 radical (unpaired) electrons. The minimum Gasteiger partial charge on any atom is -0.490 e. The van der Waals surface area contributed by atoms with Gasteiger partial charge in [0.25, 0.3) is 5.91 Å². The van der Waals surface area contributed by atoms with E-state index in [-0.39, 0.29) is 30.6 Å². The molecule has 0 unspecified atom stereocenters. The molecule has 2 aromatic carbocycles. The molecular weight excluding hydrogens is 551 g/mol. The summed E-state index contributed by atoms with van der Waals surface area (Å²) in [5, 5.41) is 15.6. The van der Waals surface area contributed by atoms with E-state index in [0.717, 1.165) is 38.3 Å². The van der Waals surface area contributed by atoms with Crippen LogP contribution >= 0.6 is 0 Å². The van der Waals surface area contributed by atoms with Gasteiger partial charge in [-0.15, -0.1) is 0 Å². The molecule has 2 aromatic rings. The van der Waals surface area contributed by atoms with Gasteiger partial charge in [0.05, 0.1) is 30.4 Å². The van der Waals surface area contributed by atoms with Crippen LogP contribution in [0.4, 0.5) is 20.6 Å². The molecule has 0 saturated heterocycles. The Bertz CT molecular complexity index is 1210. The average Bonchev–Trinajstić information content (AvgIpc) is 3.79. The van der Waals surface area contributed by atoms with E-state index in [1.807, 2.05) is 13.8 Å². The maximum Gasteiger partial charge on any atom is 0.323 e. The first-order valence-electron chi connectivity index (χ1n) is 15.5. The first-order valence-corrected chi connectivity index (χ1v) is 15.5. The molecule has 0 spiro atoms. The number of halogens is 1. The predicted octanol–water partition coefficient (Wildman–Crippen LogP) is 5.61. The smallest absolute Gasteiger partial charge is 0.323 e. The molecule has 3 N–H and O–H groups in total. The Morgan fingerprint density at radius 2 is 1.77 bits per heavy atom. The topological polar surface area (TPSA) is 103 Å². The number of ether oxygens (including phenoxy) is 2. The number of rotatable bonds is 8. The highest BCUT2D eigenvalue weighted by Crippen LogP contribution is 2.31. The van der Waals surface area contributed by atoms with Gasteiger partial charge in [0.1, 0.15) is 11.6 Å². The van der Waals surface area contributed by atoms with E-state index in [4.69, 9.17) is 9.47 Å². The summed E-state index contributed by atoms with van der Waals surface area (Å²) in [5.74, 6) is 0.515. The predicted molar refractivity (Wildman–Crippen MR) is 166 cm³/mol. The molecule has 0 aromatic heterocycles. The number of aliphatic hydroxyl groups is 1. The molecule has 4 atom stereocenters. The second-order valence-electron chi connectivity index (χ2n) is 12.3. The third kappa shape index (κ3) is 9.91. The van der Waals surface area contributed by atoms with Gasteiger partial charge in [-0.05, 0) is 101 Å². The van der Waals surface area contributed by atoms with Crippen molar-refractivity contribution in [3.8, 4) is 5.75 Å². The van der Waals surface area contributed by atoms with Crippen molar-refractivity contribution in [1.82, 2.24) is 9.80 Å². The van der Waals surface area contributed by atoms with Gasteiger partial charge in [-0.2, -0.15) is 0 Å². The molecule has 3 amide bonds. The number of aliphatic hydroxyl groups excluding tert-OH is 1. The number of benzene rings is 2. The zero-order valence-electron chi connectivity index (χ0n) is 25.9. The van der Waals surface area contributed by atoms with Crippen molar-refractivity contribution < 1.29 is 28.6 Å². The van der Waals surface area contributed by atoms with E-state index in [2.05, 4.69) is 29.5 Å². The summed E-state index contributed by atoms with van der Waals surface area (Å²) >= 11 is 0. The van der Waals surface area contributed by atoms with E-state index in [9.17, 15) is 19.1 Å². The molecule has 1 aliphatic heterocycles. The van der Waals surface area contributed by atoms with Crippen LogP contribution in [0, 0.1) is 17.7 Å². The summed E-state index contributed by atoms with van der Waals surface area (Å²) in [7, 11) is 2.13. The van der Waals surface area contributed by atoms with Gasteiger partial charge in [-0.1, -0.05) is 6.92 Å². The van der Waals surface area contributed by atoms with Crippen molar-refractivity contribution >= 4 is 23.3 Å². The second kappa shape index (κ2) is 15.5. The molecule has 1 fully saturated rings. The van der Waals surface area contributed by atoms with Crippen LogP contribution in [0.2, 0.25) is 0 Å². The number of fused-ring (bicyclic) bond motifs is 1. The first kappa shape index (κ1) is 32.7. The number of hydrogen-bond donors (Lipinski definition) is 3. The third-order valence-corrected chi connectivity index (χ3v) is 8.17. The SMILES string of the molecule is C[C@@H]1CCCCO[C@H](CN(C)CC2CC2)[C@@H](C)CN([C@H](C)CO)C(=O)c2cc(NC(=O)Nc3ccc(F)cc3)ccc2O1. The Morgan fingerprint density at radius 1 is 1.07 bits per heavy atom. The molecule has 0 bridgehead atoms. The van der Waals surface area contributed by atoms with Gasteiger partial charge >= 0.3 is 6.03 Å². The van der Waals surface area contributed by atoms with Crippen LogP contribution in [0.25, 0.3) is 0 Å². The van der Waals surface area contributed by atoms with Crippen molar-refractivity contribution in [2.24, 2.45) is 11.8 Å². The highest BCUT2D eigenvalue weighted by Gasteiger charge is 2.31. The Hall–Kier alpha value is -3.21. The van der Waals surface area contributed by atoms with Crippen molar-refractivity contribution in [2.45, 2.75) is 71.1 Å². The largest absolute Gasteiger partial charge is 0.490 e. The number of nitrogens with one attached hydrogen (secondary N) is 2. The molecule has 1 aliphatic carbocycles. The summed E-state index contributed by atoms with van der Waals surface area (Å²) in [6, 6.07) is 9.48. The normalized spacial score (nSPS) is 22.7. The Morgan fingerprint density at radius 3 is 2.47 bits per heavy atom. The maximum absolute atomic E-state index is 14.2. The molecule has 2 aliphatic rings. The van der Waals surface area contributed by atoms with Crippen LogP contribution < -0.4 is 15.4 Å². The molecule has 1 heterocycles. The average molecular weight is 599 g/mol. The van der Waals surface area contributed by atoms with E-state index < -0.39 is 17.9 Å². The van der Waals surface area contributed by atoms with E-state index in [1.54, 1.807) is 23.1 Å². The fraction of sp³-hybridized carbons (Fsp3) is 0.576. The Labute approximate surface area is 254 Å². The zero-order valence-corrected chi connectivity index (χ0v) is 25.9. The van der Waals surface area contributed by atoms with Crippen LogP contribution in [-0.4, -0.2) is 85.0 Å². The molecule has 43 heavy (non-hydrogen) atoms. The molecule has 4 rings (SSSR count). The minimum absolute atomic E-state index is 0.00799. The van der Waals surface area contributed by atoms with Crippen molar-refractivity contribution in [2.75, 3.05) is 50.5 Å². The second-order valence-corrected chi connectivity index (χ2v) is 12.3. The van der Waals surface area contributed by atoms with Crippen molar-refractivity contribution in [3.05, 3.63) is 53.8 Å². The van der Waals surface area contributed by atoms with E-state index >= 15 is 0 Å². The summed E-state index contributed by atoms with van der Waals surface area (Å²) in [6.07, 6.45) is 5.01. The monoisotopic (exact) mass is 598 g/mol. The Balaban J connectivity index is 1.58. The van der Waals surface area contributed by atoms with Crippen LogP contribution in [0.1, 0.15) is 63.2 Å². The maximum atomic E-state index is 14.2. The lowest BCUT2D eigenvalue weighted by Gasteiger charge is -2.36. The van der Waals surface area contributed by atoms with Gasteiger partial charge in [-0.3, -0.25) is 4.79 Å². The van der Waals surface area contributed by atoms with Crippen LogP contribution in [0.5, 0.6) is 5.75 Å². The third-order valence-electron chi connectivity index (χ3n) is 8.17. The lowest BCUT2D eigenvalue weighted by atomic mass is 10.0. The van der Waals surface area contributed by atoms with Crippen LogP contribution in [-0.2, 0) is 4.74 Å². The molecule has 236 valence electrons. The van der Waals surface area contributed by atoms with Gasteiger partial charge in [-0.25, -0.2) is 9.18 Å². The fourth-order valence-electron chi connectivity index (χ4n) is 5.41. The summed E-state index contributed by atoms with van der Waals surface area (Å²) in [5.41, 5.74) is 1.14. The van der Waals surface area contributed by atoms with Crippen molar-refractivity contribution in [3.63, 3.8) is 0 Å². The number of amides is 3. The molecule has 9 nitrogen and oxygen atoms in total. The standard InChI is InChI=1S/C33H47FN4O5/c1-22-18-38(23(2)21-39)32(40)29-17-28(36-33(41)35-27-12-10-26(34)11-13-27)14-15-30(29)43-24(3)7-5-6-16-42-31(22)20-37(4)19-25-8-9-25/h10-15,17,22-25,31,39H,5-9,16,18-21H2,1-4H3,(H2,35,36,41)/t22-,23+,24+,31+/m0/s1. The van der Waals surface area contributed by atoms with Gasteiger partial charge in [0.15, 0.2) is 0 Å². The highest BCUT2D eigenvalue weighted by molar-refractivity contribution is 6.02. The molecular formula is C33H47FN4O5. The summed E-state index contributed by atoms with van der Waals surface area (Å²) in [4.78, 5) is 31.0. The van der Waals surface area contributed by atoms with E-state index in [0.29, 0.717) is 35.8 Å². The van der Waals surface area contributed by atoms with Gasteiger partial charge in [0.2, 0.25) is 0 Å². The number of likely N-dealkylation sites (N-methyl/N-ethyl adjacent to an activating group) is 1. The number of urea groups is 1. The lowest BCUT2D eigenvalue weighted by molar-refractivity contribution is -0.0172. The molecule has 10 heteroatoms. The number of hydrogen-bond acceptors (Lipinski definition) is 6. The molecule has 1 saturated carbocycles. The lowest BCUT2D eigenvalue weighted by Crippen LogP contribution is -2.47. The van der Waals surface area contributed by atoms with Gasteiger partial charge in [0, 0.05) is 43.5 Å². The highest BCUT2D eigenvalue weighted by atomic mass is 19.1. The number of anilines is 2. The summed E-state index contributed by atoms with van der Waals surface area (Å²) < 4.78 is 26.0. The zero-order chi connectivity index (χ0) is 30.9. The van der Waals surface area contributed by atoms with E-state index in [1.165, 1.54) is 37.1 Å². The number of nitrogens with zero attached hydrogens (tertiary/aromatic N) is 2. The minimum atomic E-state index is -0.529. The first-order chi connectivity index (χ1) is 20.6. The van der Waals surface area contributed by atoms with Crippen LogP contribution in [0.3, 0.4) is 0 Å². The Kier molecular flexibility index (Phi) is 11.8. The van der Waals surface area contributed by atoms with Gasteiger partial charge < -0.3 is 35.0 Å². The van der Waals surface area contributed by atoms with Crippen LogP contribution in [0.15, 0.2) is 42.5 Å². The fourth-order valence-corrected chi connectivity index (χ4v) is 5.41.